The average Bonchev–Trinajstić information content (AvgIpc) is 2.94. The van der Waals surface area contributed by atoms with E-state index in [-0.39, 0.29) is 24.3 Å². The lowest BCUT2D eigenvalue weighted by Gasteiger charge is -2.06. The van der Waals surface area contributed by atoms with E-state index in [2.05, 4.69) is 27.9 Å². The first-order valence-corrected chi connectivity index (χ1v) is 7.57. The van der Waals surface area contributed by atoms with Gasteiger partial charge in [-0.15, -0.1) is 5.10 Å². The second kappa shape index (κ2) is 7.53. The zero-order valence-corrected chi connectivity index (χ0v) is 13.5. The second-order valence-electron chi connectivity index (χ2n) is 5.54. The van der Waals surface area contributed by atoms with Crippen LogP contribution in [0, 0.1) is 5.92 Å². The Kier molecular flexibility index (Phi) is 5.46. The van der Waals surface area contributed by atoms with Gasteiger partial charge in [0.15, 0.2) is 5.82 Å². The maximum atomic E-state index is 12.0. The first-order chi connectivity index (χ1) is 11.0. The summed E-state index contributed by atoms with van der Waals surface area (Å²) in [5.74, 6) is -0.156. The fourth-order valence-corrected chi connectivity index (χ4v) is 1.87. The lowest BCUT2D eigenvalue weighted by Crippen LogP contribution is -2.19. The minimum absolute atomic E-state index is 0.0279. The van der Waals surface area contributed by atoms with Crippen molar-refractivity contribution in [2.45, 2.75) is 33.7 Å². The summed E-state index contributed by atoms with van der Waals surface area (Å²) in [5.41, 5.74) is 1.95. The van der Waals surface area contributed by atoms with Gasteiger partial charge in [-0.25, -0.2) is 4.68 Å². The molecule has 2 aromatic rings. The predicted octanol–water partition coefficient (Wildman–Crippen LogP) is 2.07. The van der Waals surface area contributed by atoms with Crippen LogP contribution in [0.1, 0.15) is 26.3 Å². The number of nitrogens with one attached hydrogen (secondary N) is 2. The number of nitrogens with zero attached hydrogens (tertiary/aromatic N) is 3. The number of benzene rings is 1. The Balaban J connectivity index is 1.90. The van der Waals surface area contributed by atoms with E-state index in [9.17, 15) is 9.59 Å². The number of carbonyl (C=O) groups is 2. The van der Waals surface area contributed by atoms with E-state index < -0.39 is 0 Å². The molecular formula is C16H21N5O2. The highest BCUT2D eigenvalue weighted by atomic mass is 16.2. The normalized spacial score (nSPS) is 10.6. The Hall–Kier alpha value is -2.70. The van der Waals surface area contributed by atoms with E-state index in [1.165, 1.54) is 16.4 Å². The zero-order chi connectivity index (χ0) is 16.8. The molecule has 0 aliphatic carbocycles. The van der Waals surface area contributed by atoms with Crippen LogP contribution in [-0.4, -0.2) is 26.8 Å². The van der Waals surface area contributed by atoms with Gasteiger partial charge in [0.1, 0.15) is 6.54 Å². The van der Waals surface area contributed by atoms with Crippen LogP contribution in [0.25, 0.3) is 0 Å². The van der Waals surface area contributed by atoms with Crippen molar-refractivity contribution in [3.05, 3.63) is 36.0 Å². The van der Waals surface area contributed by atoms with Gasteiger partial charge in [-0.2, -0.15) is 0 Å². The Labute approximate surface area is 135 Å². The highest BCUT2D eigenvalue weighted by Gasteiger charge is 2.11. The second-order valence-corrected chi connectivity index (χ2v) is 5.54. The molecule has 7 heteroatoms. The summed E-state index contributed by atoms with van der Waals surface area (Å²) < 4.78 is 1.38. The zero-order valence-electron chi connectivity index (χ0n) is 13.5. The average molecular weight is 315 g/mol. The Bertz CT molecular complexity index is 676. The van der Waals surface area contributed by atoms with Crippen LogP contribution in [-0.2, 0) is 22.6 Å². The first-order valence-electron chi connectivity index (χ1n) is 7.57. The van der Waals surface area contributed by atoms with Crippen LogP contribution in [0.3, 0.4) is 0 Å². The quantitative estimate of drug-likeness (QED) is 0.854. The summed E-state index contributed by atoms with van der Waals surface area (Å²) in [6, 6.07) is 7.69. The van der Waals surface area contributed by atoms with E-state index in [1.807, 2.05) is 24.3 Å². The van der Waals surface area contributed by atoms with E-state index in [1.54, 1.807) is 13.8 Å². The van der Waals surface area contributed by atoms with E-state index in [4.69, 9.17) is 0 Å². The number of carbonyl (C=O) groups excluding carboxylic acids is 2. The molecule has 0 aliphatic heterocycles. The number of aromatic nitrogens is 3. The van der Waals surface area contributed by atoms with Gasteiger partial charge in [-0.1, -0.05) is 38.1 Å². The molecule has 7 nitrogen and oxygen atoms in total. The standard InChI is InChI=1S/C16H21N5O2/c1-4-12-5-7-13(8-6-12)17-15(22)10-21-9-14(19-20-21)18-16(23)11(2)3/h5-9,11H,4,10H2,1-3H3,(H,17,22)(H,18,23). The monoisotopic (exact) mass is 315 g/mol. The minimum atomic E-state index is -0.208. The van der Waals surface area contributed by atoms with Crippen molar-refractivity contribution in [1.29, 1.82) is 0 Å². The summed E-state index contributed by atoms with van der Waals surface area (Å²) in [5, 5.41) is 13.1. The number of anilines is 2. The highest BCUT2D eigenvalue weighted by molar-refractivity contribution is 5.91. The minimum Gasteiger partial charge on any atom is -0.324 e. The van der Waals surface area contributed by atoms with E-state index in [0.29, 0.717) is 5.82 Å². The largest absolute Gasteiger partial charge is 0.324 e. The fourth-order valence-electron chi connectivity index (χ4n) is 1.87. The highest BCUT2D eigenvalue weighted by Crippen LogP contribution is 2.10. The summed E-state index contributed by atoms with van der Waals surface area (Å²) in [4.78, 5) is 23.6. The lowest BCUT2D eigenvalue weighted by atomic mass is 10.1. The van der Waals surface area contributed by atoms with Gasteiger partial charge in [0.25, 0.3) is 0 Å². The molecule has 0 bridgehead atoms. The molecule has 2 amide bonds. The van der Waals surface area contributed by atoms with Crippen molar-refractivity contribution in [3.8, 4) is 0 Å². The van der Waals surface area contributed by atoms with Crippen LogP contribution >= 0.6 is 0 Å². The van der Waals surface area contributed by atoms with E-state index in [0.717, 1.165) is 12.1 Å². The first kappa shape index (κ1) is 16.7. The number of rotatable bonds is 6. The molecular weight excluding hydrogens is 294 g/mol. The van der Waals surface area contributed by atoms with Crippen LogP contribution in [0.15, 0.2) is 30.5 Å². The maximum absolute atomic E-state index is 12.0. The van der Waals surface area contributed by atoms with Gasteiger partial charge in [0.05, 0.1) is 6.20 Å². The molecule has 0 fully saturated rings. The van der Waals surface area contributed by atoms with Crippen molar-refractivity contribution in [2.24, 2.45) is 5.92 Å². The molecule has 0 spiro atoms. The number of amides is 2. The molecule has 1 aromatic heterocycles. The summed E-state index contributed by atoms with van der Waals surface area (Å²) in [7, 11) is 0. The summed E-state index contributed by atoms with van der Waals surface area (Å²) in [6.45, 7) is 5.68. The van der Waals surface area contributed by atoms with Crippen LogP contribution in [0.5, 0.6) is 0 Å². The topological polar surface area (TPSA) is 88.9 Å². The third kappa shape index (κ3) is 4.91. The molecule has 122 valence electrons. The van der Waals surface area contributed by atoms with Gasteiger partial charge in [-0.05, 0) is 24.1 Å². The van der Waals surface area contributed by atoms with Crippen molar-refractivity contribution >= 4 is 23.3 Å². The maximum Gasteiger partial charge on any atom is 0.246 e. The Morgan fingerprint density at radius 2 is 1.87 bits per heavy atom. The smallest absolute Gasteiger partial charge is 0.246 e. The van der Waals surface area contributed by atoms with Gasteiger partial charge in [-0.3, -0.25) is 9.59 Å². The molecule has 2 rings (SSSR count). The Morgan fingerprint density at radius 3 is 2.48 bits per heavy atom. The van der Waals surface area contributed by atoms with Gasteiger partial charge in [0.2, 0.25) is 11.8 Å². The van der Waals surface area contributed by atoms with E-state index >= 15 is 0 Å². The number of hydrogen-bond donors (Lipinski definition) is 2. The lowest BCUT2D eigenvalue weighted by molar-refractivity contribution is -0.119. The third-order valence-electron chi connectivity index (χ3n) is 3.27. The SMILES string of the molecule is CCc1ccc(NC(=O)Cn2cc(NC(=O)C(C)C)nn2)cc1. The molecule has 2 N–H and O–H groups in total. The van der Waals surface area contributed by atoms with Crippen LogP contribution < -0.4 is 10.6 Å². The molecule has 23 heavy (non-hydrogen) atoms. The summed E-state index contributed by atoms with van der Waals surface area (Å²) in [6.07, 6.45) is 2.48. The molecule has 1 heterocycles. The van der Waals surface area contributed by atoms with Crippen molar-refractivity contribution in [1.82, 2.24) is 15.0 Å². The molecule has 1 aromatic carbocycles. The molecule has 0 radical (unpaired) electrons. The van der Waals surface area contributed by atoms with Crippen molar-refractivity contribution in [2.75, 3.05) is 10.6 Å². The Morgan fingerprint density at radius 1 is 1.17 bits per heavy atom. The molecule has 0 unspecified atom stereocenters. The fraction of sp³-hybridized carbons (Fsp3) is 0.375. The van der Waals surface area contributed by atoms with Gasteiger partial charge < -0.3 is 10.6 Å². The van der Waals surface area contributed by atoms with Gasteiger partial charge in [0, 0.05) is 11.6 Å². The molecule has 0 atom stereocenters. The third-order valence-corrected chi connectivity index (χ3v) is 3.27. The number of hydrogen-bond acceptors (Lipinski definition) is 4. The van der Waals surface area contributed by atoms with Crippen LogP contribution in [0.4, 0.5) is 11.5 Å². The van der Waals surface area contributed by atoms with Crippen molar-refractivity contribution < 1.29 is 9.59 Å². The van der Waals surface area contributed by atoms with Gasteiger partial charge >= 0.3 is 0 Å². The predicted molar refractivity (Wildman–Crippen MR) is 87.9 cm³/mol. The van der Waals surface area contributed by atoms with Crippen molar-refractivity contribution in [3.63, 3.8) is 0 Å². The molecule has 0 aliphatic rings. The summed E-state index contributed by atoms with van der Waals surface area (Å²) >= 11 is 0. The van der Waals surface area contributed by atoms with Crippen LogP contribution in [0.2, 0.25) is 0 Å². The number of aryl methyl sites for hydroxylation is 1. The molecule has 0 saturated carbocycles. The molecule has 0 saturated heterocycles.